The third kappa shape index (κ3) is 1.54. The van der Waals surface area contributed by atoms with Crippen LogP contribution in [0.1, 0.15) is 17.1 Å². The van der Waals surface area contributed by atoms with Gasteiger partial charge in [0, 0.05) is 0 Å². The predicted molar refractivity (Wildman–Crippen MR) is 39.7 cm³/mol. The number of rotatable bonds is 2. The first-order chi connectivity index (χ1) is 5.85. The summed E-state index contributed by atoms with van der Waals surface area (Å²) in [6.45, 7) is 2.79. The molecule has 0 unspecified atom stereocenters. The predicted octanol–water partition coefficient (Wildman–Crippen LogP) is 2.07. The van der Waals surface area contributed by atoms with Crippen molar-refractivity contribution >= 4 is 5.97 Å². The molecule has 1 aromatic heterocycles. The number of halogens is 2. The fourth-order valence-electron chi connectivity index (χ4n) is 1.06. The Bertz CT molecular complexity index is 341. The number of hydrogen-bond acceptors (Lipinski definition) is 2. The molecule has 0 saturated heterocycles. The topological polar surface area (TPSA) is 50.4 Å². The van der Waals surface area contributed by atoms with E-state index in [1.165, 1.54) is 13.8 Å². The van der Waals surface area contributed by atoms with Gasteiger partial charge in [-0.25, -0.2) is 4.79 Å². The fourth-order valence-corrected chi connectivity index (χ4v) is 1.06. The van der Waals surface area contributed by atoms with E-state index in [0.29, 0.717) is 0 Å². The summed E-state index contributed by atoms with van der Waals surface area (Å²) in [5.41, 5.74) is -0.586. The number of furan rings is 1. The van der Waals surface area contributed by atoms with Crippen LogP contribution in [0.2, 0.25) is 0 Å². The van der Waals surface area contributed by atoms with E-state index in [1.54, 1.807) is 0 Å². The van der Waals surface area contributed by atoms with E-state index in [4.69, 9.17) is 9.52 Å². The van der Waals surface area contributed by atoms with Gasteiger partial charge < -0.3 is 9.52 Å². The van der Waals surface area contributed by atoms with E-state index in [9.17, 15) is 13.6 Å². The lowest BCUT2D eigenvalue weighted by molar-refractivity contribution is -0.166. The quantitative estimate of drug-likeness (QED) is 0.776. The monoisotopic (exact) mass is 190 g/mol. The Morgan fingerprint density at radius 1 is 1.54 bits per heavy atom. The number of aryl methyl sites for hydroxylation is 2. The van der Waals surface area contributed by atoms with Crippen molar-refractivity contribution in [2.45, 2.75) is 19.8 Å². The molecule has 0 aromatic carbocycles. The average molecular weight is 190 g/mol. The highest BCUT2D eigenvalue weighted by molar-refractivity contribution is 5.77. The van der Waals surface area contributed by atoms with Crippen molar-refractivity contribution in [2.24, 2.45) is 0 Å². The van der Waals surface area contributed by atoms with Crippen LogP contribution in [0.25, 0.3) is 0 Å². The summed E-state index contributed by atoms with van der Waals surface area (Å²) in [4.78, 5) is 10.2. The Labute approximate surface area is 73.0 Å². The summed E-state index contributed by atoms with van der Waals surface area (Å²) in [7, 11) is 0. The van der Waals surface area contributed by atoms with Crippen molar-refractivity contribution in [1.82, 2.24) is 0 Å². The Kier molecular flexibility index (Phi) is 2.11. The molecular weight excluding hydrogens is 182 g/mol. The Morgan fingerprint density at radius 2 is 2.08 bits per heavy atom. The molecule has 0 aliphatic carbocycles. The Hall–Kier alpha value is -1.39. The maximum absolute atomic E-state index is 12.9. The summed E-state index contributed by atoms with van der Waals surface area (Å²) in [5, 5.41) is 8.24. The van der Waals surface area contributed by atoms with Crippen molar-refractivity contribution in [3.63, 3.8) is 0 Å². The van der Waals surface area contributed by atoms with E-state index in [-0.39, 0.29) is 11.5 Å². The van der Waals surface area contributed by atoms with Crippen molar-refractivity contribution in [3.8, 4) is 0 Å². The zero-order chi connectivity index (χ0) is 10.2. The van der Waals surface area contributed by atoms with Gasteiger partial charge in [0.25, 0.3) is 0 Å². The summed E-state index contributed by atoms with van der Waals surface area (Å²) in [5.74, 6) is -5.84. The van der Waals surface area contributed by atoms with Crippen molar-refractivity contribution in [3.05, 3.63) is 23.2 Å². The van der Waals surface area contributed by atoms with Gasteiger partial charge in [-0.1, -0.05) is 0 Å². The molecule has 3 nitrogen and oxygen atoms in total. The second-order valence-corrected chi connectivity index (χ2v) is 2.71. The molecule has 0 atom stereocenters. The van der Waals surface area contributed by atoms with Crippen LogP contribution in [0.3, 0.4) is 0 Å². The lowest BCUT2D eigenvalue weighted by atomic mass is 10.1. The highest BCUT2D eigenvalue weighted by Crippen LogP contribution is 2.32. The Balaban J connectivity index is 3.21. The molecule has 0 spiro atoms. The van der Waals surface area contributed by atoms with Crippen LogP contribution in [-0.2, 0) is 10.7 Å². The molecule has 0 fully saturated rings. The first-order valence-electron chi connectivity index (χ1n) is 3.54. The highest BCUT2D eigenvalue weighted by Gasteiger charge is 2.43. The number of aliphatic carboxylic acids is 1. The van der Waals surface area contributed by atoms with E-state index >= 15 is 0 Å². The molecule has 1 rings (SSSR count). The zero-order valence-corrected chi connectivity index (χ0v) is 7.10. The summed E-state index contributed by atoms with van der Waals surface area (Å²) >= 11 is 0. The molecule has 0 aliphatic rings. The average Bonchev–Trinajstić information content (AvgIpc) is 2.30. The molecule has 5 heteroatoms. The molecule has 72 valence electrons. The van der Waals surface area contributed by atoms with Gasteiger partial charge in [0.05, 0.1) is 5.56 Å². The number of carboxylic acids is 1. The molecule has 0 saturated carbocycles. The van der Waals surface area contributed by atoms with Gasteiger partial charge in [-0.2, -0.15) is 8.78 Å². The molecule has 13 heavy (non-hydrogen) atoms. The number of alkyl halides is 2. The molecule has 0 aliphatic heterocycles. The third-order valence-electron chi connectivity index (χ3n) is 1.65. The van der Waals surface area contributed by atoms with Gasteiger partial charge in [-0.3, -0.25) is 0 Å². The van der Waals surface area contributed by atoms with E-state index in [1.807, 2.05) is 0 Å². The maximum Gasteiger partial charge on any atom is 0.379 e. The molecule has 0 bridgehead atoms. The molecular formula is C8H8F2O3. The maximum atomic E-state index is 12.9. The fraction of sp³-hybridized carbons (Fsp3) is 0.375. The zero-order valence-electron chi connectivity index (χ0n) is 7.10. The van der Waals surface area contributed by atoms with Crippen molar-refractivity contribution in [2.75, 3.05) is 0 Å². The second-order valence-electron chi connectivity index (χ2n) is 2.71. The van der Waals surface area contributed by atoms with Crippen LogP contribution >= 0.6 is 0 Å². The SMILES string of the molecule is Cc1cc(C(F)(F)C(=O)O)c(C)o1. The molecule has 0 amide bonds. The number of carboxylic acid groups (broad SMARTS) is 1. The largest absolute Gasteiger partial charge is 0.477 e. The van der Waals surface area contributed by atoms with Gasteiger partial charge >= 0.3 is 11.9 Å². The number of carbonyl (C=O) groups is 1. The van der Waals surface area contributed by atoms with Crippen LogP contribution in [0.15, 0.2) is 10.5 Å². The van der Waals surface area contributed by atoms with Crippen LogP contribution in [0.5, 0.6) is 0 Å². The number of hydrogen-bond donors (Lipinski definition) is 1. The smallest absolute Gasteiger partial charge is 0.379 e. The lowest BCUT2D eigenvalue weighted by Gasteiger charge is -2.08. The van der Waals surface area contributed by atoms with Gasteiger partial charge in [0.2, 0.25) is 0 Å². The minimum Gasteiger partial charge on any atom is -0.477 e. The van der Waals surface area contributed by atoms with Gasteiger partial charge in [0.15, 0.2) is 0 Å². The summed E-state index contributed by atoms with van der Waals surface area (Å²) < 4.78 is 30.6. The third-order valence-corrected chi connectivity index (χ3v) is 1.65. The summed E-state index contributed by atoms with van der Waals surface area (Å²) in [6, 6.07) is 1.03. The molecule has 1 heterocycles. The highest BCUT2D eigenvalue weighted by atomic mass is 19.3. The van der Waals surface area contributed by atoms with Crippen molar-refractivity contribution in [1.29, 1.82) is 0 Å². The Morgan fingerprint density at radius 3 is 2.38 bits per heavy atom. The van der Waals surface area contributed by atoms with Crippen LogP contribution in [-0.4, -0.2) is 11.1 Å². The first-order valence-corrected chi connectivity index (χ1v) is 3.54. The minimum atomic E-state index is -3.87. The van der Waals surface area contributed by atoms with Crippen LogP contribution in [0, 0.1) is 13.8 Å². The van der Waals surface area contributed by atoms with Gasteiger partial charge in [0.1, 0.15) is 11.5 Å². The van der Waals surface area contributed by atoms with Crippen molar-refractivity contribution < 1.29 is 23.1 Å². The molecule has 0 radical (unpaired) electrons. The van der Waals surface area contributed by atoms with E-state index < -0.39 is 17.5 Å². The second kappa shape index (κ2) is 2.83. The molecule has 1 N–H and O–H groups in total. The van der Waals surface area contributed by atoms with E-state index in [0.717, 1.165) is 6.07 Å². The van der Waals surface area contributed by atoms with Gasteiger partial charge in [-0.15, -0.1) is 0 Å². The minimum absolute atomic E-state index is 0.0649. The first kappa shape index (κ1) is 9.70. The lowest BCUT2D eigenvalue weighted by Crippen LogP contribution is -2.25. The molecule has 1 aromatic rings. The normalized spacial score (nSPS) is 11.7. The summed E-state index contributed by atoms with van der Waals surface area (Å²) in [6.07, 6.45) is 0. The standard InChI is InChI=1S/C8H8F2O3/c1-4-3-6(5(2)13-4)8(9,10)7(11)12/h3H,1-2H3,(H,11,12). The van der Waals surface area contributed by atoms with Gasteiger partial charge in [-0.05, 0) is 19.9 Å². The van der Waals surface area contributed by atoms with E-state index in [2.05, 4.69) is 0 Å². The van der Waals surface area contributed by atoms with Crippen LogP contribution in [0.4, 0.5) is 8.78 Å². The van der Waals surface area contributed by atoms with Crippen LogP contribution < -0.4 is 0 Å².